The lowest BCUT2D eigenvalue weighted by Gasteiger charge is -2.20. The Bertz CT molecular complexity index is 407. The molecule has 0 aliphatic carbocycles. The van der Waals surface area contributed by atoms with E-state index < -0.39 is 0 Å². The van der Waals surface area contributed by atoms with Crippen LogP contribution in [0.5, 0.6) is 0 Å². The van der Waals surface area contributed by atoms with Gasteiger partial charge in [-0.3, -0.25) is 4.99 Å². The molecule has 0 bridgehead atoms. The summed E-state index contributed by atoms with van der Waals surface area (Å²) in [4.78, 5) is 6.41. The van der Waals surface area contributed by atoms with Gasteiger partial charge in [-0.25, -0.2) is 0 Å². The number of hydrogen-bond donors (Lipinski definition) is 1. The van der Waals surface area contributed by atoms with Crippen LogP contribution in [0.3, 0.4) is 0 Å². The average molecular weight is 412 g/mol. The monoisotopic (exact) mass is 411 g/mol. The third kappa shape index (κ3) is 5.85. The van der Waals surface area contributed by atoms with E-state index in [4.69, 9.17) is 22.1 Å². The molecule has 0 aliphatic rings. The van der Waals surface area contributed by atoms with Crippen molar-refractivity contribution in [3.63, 3.8) is 0 Å². The van der Waals surface area contributed by atoms with Crippen LogP contribution < -0.4 is 5.73 Å². The Morgan fingerprint density at radius 1 is 1.30 bits per heavy atom. The lowest BCUT2D eigenvalue weighted by atomic mass is 10.1. The summed E-state index contributed by atoms with van der Waals surface area (Å²) < 4.78 is 5.45. The van der Waals surface area contributed by atoms with Gasteiger partial charge >= 0.3 is 0 Å². The number of nitrogens with zero attached hydrogens (tertiary/aromatic N) is 2. The van der Waals surface area contributed by atoms with Crippen LogP contribution in [0.15, 0.2) is 29.3 Å². The van der Waals surface area contributed by atoms with Crippen LogP contribution in [0.4, 0.5) is 0 Å². The minimum Gasteiger partial charge on any atom is -0.375 e. The van der Waals surface area contributed by atoms with Gasteiger partial charge in [-0.15, -0.1) is 24.0 Å². The molecular formula is C14H23ClIN3O. The van der Waals surface area contributed by atoms with Gasteiger partial charge in [0.1, 0.15) is 6.10 Å². The van der Waals surface area contributed by atoms with Crippen molar-refractivity contribution in [3.05, 3.63) is 34.9 Å². The fraction of sp³-hybridized carbons (Fsp3) is 0.500. The lowest BCUT2D eigenvalue weighted by Crippen LogP contribution is -2.37. The van der Waals surface area contributed by atoms with Crippen LogP contribution >= 0.6 is 35.6 Å². The fourth-order valence-corrected chi connectivity index (χ4v) is 1.94. The smallest absolute Gasteiger partial charge is 0.191 e. The van der Waals surface area contributed by atoms with Crippen molar-refractivity contribution >= 4 is 41.5 Å². The van der Waals surface area contributed by atoms with Crippen molar-refractivity contribution in [2.75, 3.05) is 26.7 Å². The van der Waals surface area contributed by atoms with E-state index >= 15 is 0 Å². The molecule has 0 spiro atoms. The molecule has 0 saturated heterocycles. The molecular weight excluding hydrogens is 389 g/mol. The summed E-state index contributed by atoms with van der Waals surface area (Å²) in [7, 11) is 1.67. The summed E-state index contributed by atoms with van der Waals surface area (Å²) >= 11 is 5.87. The molecule has 0 aliphatic heterocycles. The Morgan fingerprint density at radius 3 is 2.30 bits per heavy atom. The standard InChI is InChI=1S/C14H22ClN3O.HI/c1-4-18(5-2)14(16)17-10-13(19-3)11-6-8-12(15)9-7-11;/h6-9,13H,4-5,10H2,1-3H3,(H2,16,17);1H. The summed E-state index contributed by atoms with van der Waals surface area (Å²) in [6.07, 6.45) is -0.105. The van der Waals surface area contributed by atoms with Crippen molar-refractivity contribution in [3.8, 4) is 0 Å². The third-order valence-corrected chi connectivity index (χ3v) is 3.28. The van der Waals surface area contributed by atoms with Crippen molar-refractivity contribution in [1.82, 2.24) is 4.90 Å². The second kappa shape index (κ2) is 10.2. The molecule has 0 radical (unpaired) electrons. The molecule has 0 heterocycles. The van der Waals surface area contributed by atoms with Gasteiger partial charge < -0.3 is 15.4 Å². The van der Waals surface area contributed by atoms with Gasteiger partial charge in [-0.1, -0.05) is 23.7 Å². The van der Waals surface area contributed by atoms with E-state index in [1.165, 1.54) is 0 Å². The second-order valence-electron chi connectivity index (χ2n) is 4.15. The fourth-order valence-electron chi connectivity index (χ4n) is 1.82. The second-order valence-corrected chi connectivity index (χ2v) is 4.58. The molecule has 20 heavy (non-hydrogen) atoms. The predicted molar refractivity (Wildman–Crippen MR) is 96.0 cm³/mol. The van der Waals surface area contributed by atoms with E-state index in [9.17, 15) is 0 Å². The maximum Gasteiger partial charge on any atom is 0.191 e. The van der Waals surface area contributed by atoms with Gasteiger partial charge in [0.15, 0.2) is 5.96 Å². The molecule has 1 aromatic carbocycles. The molecule has 0 aromatic heterocycles. The zero-order valence-electron chi connectivity index (χ0n) is 12.2. The number of methoxy groups -OCH3 is 1. The van der Waals surface area contributed by atoms with Crippen LogP contribution in [-0.4, -0.2) is 37.6 Å². The Balaban J connectivity index is 0.00000361. The highest BCUT2D eigenvalue weighted by molar-refractivity contribution is 14.0. The number of ether oxygens (including phenoxy) is 1. The highest BCUT2D eigenvalue weighted by atomic mass is 127. The molecule has 1 unspecified atom stereocenters. The van der Waals surface area contributed by atoms with Crippen LogP contribution in [-0.2, 0) is 4.74 Å². The average Bonchev–Trinajstić information content (AvgIpc) is 2.42. The largest absolute Gasteiger partial charge is 0.375 e. The number of hydrogen-bond acceptors (Lipinski definition) is 2. The van der Waals surface area contributed by atoms with E-state index in [2.05, 4.69) is 18.8 Å². The first kappa shape index (κ1) is 19.5. The zero-order valence-corrected chi connectivity index (χ0v) is 15.3. The summed E-state index contributed by atoms with van der Waals surface area (Å²) in [6, 6.07) is 7.58. The minimum absolute atomic E-state index is 0. The van der Waals surface area contributed by atoms with Gasteiger partial charge in [0.2, 0.25) is 0 Å². The SMILES string of the molecule is CCN(CC)C(N)=NCC(OC)c1ccc(Cl)cc1.I. The molecule has 2 N–H and O–H groups in total. The Morgan fingerprint density at radius 2 is 1.85 bits per heavy atom. The lowest BCUT2D eigenvalue weighted by molar-refractivity contribution is 0.110. The summed E-state index contributed by atoms with van der Waals surface area (Å²) in [6.45, 7) is 6.31. The van der Waals surface area contributed by atoms with Crippen LogP contribution in [0.2, 0.25) is 5.02 Å². The van der Waals surface area contributed by atoms with Gasteiger partial charge in [0.25, 0.3) is 0 Å². The van der Waals surface area contributed by atoms with Crippen molar-refractivity contribution in [2.24, 2.45) is 10.7 Å². The summed E-state index contributed by atoms with van der Waals surface area (Å²) in [5, 5.41) is 0.713. The highest BCUT2D eigenvalue weighted by Gasteiger charge is 2.11. The van der Waals surface area contributed by atoms with E-state index in [1.807, 2.05) is 29.2 Å². The number of nitrogens with two attached hydrogens (primary N) is 1. The molecule has 114 valence electrons. The topological polar surface area (TPSA) is 50.8 Å². The van der Waals surface area contributed by atoms with Gasteiger partial charge in [0, 0.05) is 25.2 Å². The number of aliphatic imine (C=N–C) groups is 1. The predicted octanol–water partition coefficient (Wildman–Crippen LogP) is 3.30. The van der Waals surface area contributed by atoms with Gasteiger partial charge in [0.05, 0.1) is 6.54 Å². The third-order valence-electron chi connectivity index (χ3n) is 3.03. The maximum absolute atomic E-state index is 5.94. The van der Waals surface area contributed by atoms with E-state index in [-0.39, 0.29) is 30.1 Å². The highest BCUT2D eigenvalue weighted by Crippen LogP contribution is 2.19. The van der Waals surface area contributed by atoms with Crippen molar-refractivity contribution in [1.29, 1.82) is 0 Å². The van der Waals surface area contributed by atoms with Gasteiger partial charge in [-0.05, 0) is 31.5 Å². The van der Waals surface area contributed by atoms with Crippen molar-refractivity contribution < 1.29 is 4.74 Å². The molecule has 1 aromatic rings. The Hall–Kier alpha value is -0.530. The van der Waals surface area contributed by atoms with E-state index in [1.54, 1.807) is 7.11 Å². The number of rotatable bonds is 6. The first-order valence-electron chi connectivity index (χ1n) is 6.45. The van der Waals surface area contributed by atoms with Crippen LogP contribution in [0.25, 0.3) is 0 Å². The van der Waals surface area contributed by atoms with Gasteiger partial charge in [-0.2, -0.15) is 0 Å². The molecule has 4 nitrogen and oxygen atoms in total. The summed E-state index contributed by atoms with van der Waals surface area (Å²) in [5.74, 6) is 0.556. The normalized spacial score (nSPS) is 12.7. The Kier molecular flexibility index (Phi) is 9.96. The molecule has 6 heteroatoms. The first-order chi connectivity index (χ1) is 9.12. The molecule has 0 saturated carbocycles. The molecule has 0 amide bonds. The molecule has 1 atom stereocenters. The van der Waals surface area contributed by atoms with E-state index in [0.29, 0.717) is 17.5 Å². The number of guanidine groups is 1. The van der Waals surface area contributed by atoms with Crippen LogP contribution in [0.1, 0.15) is 25.5 Å². The Labute approximate surface area is 143 Å². The van der Waals surface area contributed by atoms with E-state index in [0.717, 1.165) is 18.7 Å². The minimum atomic E-state index is -0.105. The number of benzene rings is 1. The number of halogens is 2. The maximum atomic E-state index is 5.94. The van der Waals surface area contributed by atoms with Crippen molar-refractivity contribution in [2.45, 2.75) is 20.0 Å². The zero-order chi connectivity index (χ0) is 14.3. The molecule has 1 rings (SSSR count). The quantitative estimate of drug-likeness (QED) is 0.444. The first-order valence-corrected chi connectivity index (χ1v) is 6.83. The van der Waals surface area contributed by atoms with Crippen LogP contribution in [0, 0.1) is 0 Å². The summed E-state index contributed by atoms with van der Waals surface area (Å²) in [5.41, 5.74) is 6.99. The molecule has 0 fully saturated rings.